The van der Waals surface area contributed by atoms with Crippen LogP contribution in [0.4, 0.5) is 10.8 Å². The van der Waals surface area contributed by atoms with Crippen LogP contribution in [-0.4, -0.2) is 55.1 Å². The number of carbonyl (C=O) groups is 1. The van der Waals surface area contributed by atoms with E-state index in [2.05, 4.69) is 27.8 Å². The lowest BCUT2D eigenvalue weighted by Gasteiger charge is -2.35. The minimum atomic E-state index is 0.0520. The van der Waals surface area contributed by atoms with E-state index < -0.39 is 0 Å². The topological polar surface area (TPSA) is 63.5 Å². The zero-order valence-corrected chi connectivity index (χ0v) is 16.7. The van der Waals surface area contributed by atoms with Crippen molar-refractivity contribution in [1.29, 1.82) is 5.26 Å². The SMILES string of the molecule is Cc1ccc(N(CCC#N)C(=O)CN2CCN(c3nccs3)CC2)cc1C. The molecular formula is C20H25N5OS. The molecule has 142 valence electrons. The Morgan fingerprint density at radius 2 is 2.04 bits per heavy atom. The van der Waals surface area contributed by atoms with Gasteiger partial charge in [0.25, 0.3) is 0 Å². The fourth-order valence-corrected chi connectivity index (χ4v) is 3.90. The van der Waals surface area contributed by atoms with Crippen LogP contribution in [0, 0.1) is 25.2 Å². The van der Waals surface area contributed by atoms with E-state index >= 15 is 0 Å². The quantitative estimate of drug-likeness (QED) is 0.767. The van der Waals surface area contributed by atoms with Gasteiger partial charge in [-0.15, -0.1) is 11.3 Å². The van der Waals surface area contributed by atoms with Crippen molar-refractivity contribution in [1.82, 2.24) is 9.88 Å². The summed E-state index contributed by atoms with van der Waals surface area (Å²) in [5, 5.41) is 12.0. The number of piperazine rings is 1. The van der Waals surface area contributed by atoms with Gasteiger partial charge in [0.1, 0.15) is 0 Å². The first-order valence-electron chi connectivity index (χ1n) is 9.20. The Labute approximate surface area is 164 Å². The second kappa shape index (κ2) is 8.98. The number of carbonyl (C=O) groups excluding carboxylic acids is 1. The van der Waals surface area contributed by atoms with E-state index in [1.165, 1.54) is 5.56 Å². The molecule has 1 aliphatic heterocycles. The highest BCUT2D eigenvalue weighted by Gasteiger charge is 2.23. The van der Waals surface area contributed by atoms with Crippen molar-refractivity contribution >= 4 is 28.1 Å². The van der Waals surface area contributed by atoms with Crippen molar-refractivity contribution in [2.24, 2.45) is 0 Å². The largest absolute Gasteiger partial charge is 0.346 e. The Morgan fingerprint density at radius 1 is 1.26 bits per heavy atom. The molecule has 0 bridgehead atoms. The number of hydrogen-bond acceptors (Lipinski definition) is 6. The highest BCUT2D eigenvalue weighted by molar-refractivity contribution is 7.13. The van der Waals surface area contributed by atoms with Gasteiger partial charge in [-0.25, -0.2) is 4.98 Å². The van der Waals surface area contributed by atoms with E-state index in [0.29, 0.717) is 19.5 Å². The maximum atomic E-state index is 13.0. The highest BCUT2D eigenvalue weighted by Crippen LogP contribution is 2.21. The lowest BCUT2D eigenvalue weighted by Crippen LogP contribution is -2.50. The average molecular weight is 384 g/mol. The molecule has 1 fully saturated rings. The van der Waals surface area contributed by atoms with E-state index in [1.807, 2.05) is 36.7 Å². The lowest BCUT2D eigenvalue weighted by atomic mass is 10.1. The first-order chi connectivity index (χ1) is 13.1. The average Bonchev–Trinajstić information content (AvgIpc) is 3.20. The summed E-state index contributed by atoms with van der Waals surface area (Å²) in [5.41, 5.74) is 3.23. The maximum Gasteiger partial charge on any atom is 0.241 e. The molecule has 3 rings (SSSR count). The summed E-state index contributed by atoms with van der Waals surface area (Å²) in [7, 11) is 0. The van der Waals surface area contributed by atoms with Crippen LogP contribution in [0.1, 0.15) is 17.5 Å². The van der Waals surface area contributed by atoms with E-state index in [-0.39, 0.29) is 5.91 Å². The molecule has 0 N–H and O–H groups in total. The fourth-order valence-electron chi connectivity index (χ4n) is 3.20. The van der Waals surface area contributed by atoms with Gasteiger partial charge in [0.15, 0.2) is 5.13 Å². The molecule has 0 saturated carbocycles. The van der Waals surface area contributed by atoms with Gasteiger partial charge < -0.3 is 9.80 Å². The Balaban J connectivity index is 1.62. The van der Waals surface area contributed by atoms with Gasteiger partial charge in [0.2, 0.25) is 5.91 Å². The molecule has 2 heterocycles. The van der Waals surface area contributed by atoms with Crippen molar-refractivity contribution < 1.29 is 4.79 Å². The zero-order valence-electron chi connectivity index (χ0n) is 15.9. The van der Waals surface area contributed by atoms with Gasteiger partial charge >= 0.3 is 0 Å². The third kappa shape index (κ3) is 4.85. The number of thiazole rings is 1. The second-order valence-corrected chi connectivity index (χ2v) is 7.67. The van der Waals surface area contributed by atoms with Crippen molar-refractivity contribution in [2.75, 3.05) is 49.1 Å². The lowest BCUT2D eigenvalue weighted by molar-refractivity contribution is -0.119. The van der Waals surface area contributed by atoms with Crippen LogP contribution < -0.4 is 9.80 Å². The Morgan fingerprint density at radius 3 is 2.67 bits per heavy atom. The van der Waals surface area contributed by atoms with Crippen molar-refractivity contribution in [2.45, 2.75) is 20.3 Å². The van der Waals surface area contributed by atoms with E-state index in [9.17, 15) is 4.79 Å². The molecule has 0 spiro atoms. The Bertz CT molecular complexity index is 806. The molecule has 1 aromatic heterocycles. The van der Waals surface area contributed by atoms with Gasteiger partial charge in [-0.05, 0) is 37.1 Å². The molecule has 0 radical (unpaired) electrons. The number of anilines is 2. The van der Waals surface area contributed by atoms with E-state index in [1.54, 1.807) is 16.2 Å². The van der Waals surface area contributed by atoms with Crippen molar-refractivity contribution in [3.05, 3.63) is 40.9 Å². The molecular weight excluding hydrogens is 358 g/mol. The van der Waals surface area contributed by atoms with Gasteiger partial charge in [-0.1, -0.05) is 6.07 Å². The number of benzene rings is 1. The summed E-state index contributed by atoms with van der Waals surface area (Å²) in [5.74, 6) is 0.0520. The van der Waals surface area contributed by atoms with Gasteiger partial charge in [0, 0.05) is 50.0 Å². The molecule has 1 aromatic carbocycles. The molecule has 1 amide bonds. The molecule has 0 unspecified atom stereocenters. The van der Waals surface area contributed by atoms with Gasteiger partial charge in [-0.3, -0.25) is 9.69 Å². The number of aryl methyl sites for hydroxylation is 2. The third-order valence-corrected chi connectivity index (χ3v) is 5.80. The predicted octanol–water partition coefficient (Wildman–Crippen LogP) is 2.83. The number of nitriles is 1. The summed E-state index contributed by atoms with van der Waals surface area (Å²) in [6.07, 6.45) is 2.16. The first-order valence-corrected chi connectivity index (χ1v) is 10.1. The van der Waals surface area contributed by atoms with Crippen LogP contribution >= 0.6 is 11.3 Å². The normalized spacial score (nSPS) is 14.8. The van der Waals surface area contributed by atoms with Crippen molar-refractivity contribution in [3.8, 4) is 6.07 Å². The number of amides is 1. The summed E-state index contributed by atoms with van der Waals surface area (Å²) in [4.78, 5) is 23.5. The van der Waals surface area contributed by atoms with Crippen LogP contribution in [-0.2, 0) is 4.79 Å². The summed E-state index contributed by atoms with van der Waals surface area (Å²) >= 11 is 1.65. The van der Waals surface area contributed by atoms with Crippen molar-refractivity contribution in [3.63, 3.8) is 0 Å². The third-order valence-electron chi connectivity index (χ3n) is 4.97. The van der Waals surface area contributed by atoms with Crippen LogP contribution in [0.25, 0.3) is 0 Å². The van der Waals surface area contributed by atoms with Crippen LogP contribution in [0.3, 0.4) is 0 Å². The van der Waals surface area contributed by atoms with Crippen LogP contribution in [0.15, 0.2) is 29.8 Å². The van der Waals surface area contributed by atoms with Gasteiger partial charge in [-0.2, -0.15) is 5.26 Å². The standard InChI is InChI=1S/C20H25N5OS/c1-16-4-5-18(14-17(16)2)25(8-3-6-21)19(26)15-23-9-11-24(12-10-23)20-22-7-13-27-20/h4-5,7,13-14H,3,8-12,15H2,1-2H3. The molecule has 2 aromatic rings. The summed E-state index contributed by atoms with van der Waals surface area (Å²) in [6.45, 7) is 8.34. The molecule has 7 heteroatoms. The van der Waals surface area contributed by atoms with E-state index in [0.717, 1.165) is 42.6 Å². The Kier molecular flexibility index (Phi) is 6.43. The number of hydrogen-bond donors (Lipinski definition) is 0. The fraction of sp³-hybridized carbons (Fsp3) is 0.450. The minimum Gasteiger partial charge on any atom is -0.346 e. The summed E-state index contributed by atoms with van der Waals surface area (Å²) < 4.78 is 0. The molecule has 27 heavy (non-hydrogen) atoms. The molecule has 6 nitrogen and oxygen atoms in total. The monoisotopic (exact) mass is 383 g/mol. The predicted molar refractivity (Wildman–Crippen MR) is 109 cm³/mol. The number of aromatic nitrogens is 1. The second-order valence-electron chi connectivity index (χ2n) is 6.80. The van der Waals surface area contributed by atoms with Crippen LogP contribution in [0.5, 0.6) is 0 Å². The molecule has 0 atom stereocenters. The smallest absolute Gasteiger partial charge is 0.241 e. The zero-order chi connectivity index (χ0) is 19.2. The van der Waals surface area contributed by atoms with E-state index in [4.69, 9.17) is 5.26 Å². The highest BCUT2D eigenvalue weighted by atomic mass is 32.1. The maximum absolute atomic E-state index is 13.0. The number of nitrogens with zero attached hydrogens (tertiary/aromatic N) is 5. The molecule has 0 aliphatic carbocycles. The summed E-state index contributed by atoms with van der Waals surface area (Å²) in [6, 6.07) is 8.19. The van der Waals surface area contributed by atoms with Crippen LogP contribution in [0.2, 0.25) is 0 Å². The molecule has 1 saturated heterocycles. The Hall–Kier alpha value is -2.43. The number of rotatable bonds is 6. The van der Waals surface area contributed by atoms with Gasteiger partial charge in [0.05, 0.1) is 19.0 Å². The molecule has 1 aliphatic rings. The first kappa shape index (κ1) is 19.3. The minimum absolute atomic E-state index is 0.0520.